The third-order valence-electron chi connectivity index (χ3n) is 6.36. The molecule has 4 N–H and O–H groups in total. The Morgan fingerprint density at radius 3 is 2.86 bits per heavy atom. The normalized spacial score (nSPS) is 19.9. The number of aromatic nitrogens is 2. The molecule has 0 unspecified atom stereocenters. The van der Waals surface area contributed by atoms with Crippen LogP contribution in [0.1, 0.15) is 42.6 Å². The maximum atomic E-state index is 14.3. The number of nitriles is 1. The number of nitrogens with zero attached hydrogens (tertiary/aromatic N) is 4. The van der Waals surface area contributed by atoms with Gasteiger partial charge in [-0.05, 0) is 61.6 Å². The molecule has 1 aliphatic heterocycles. The van der Waals surface area contributed by atoms with Crippen LogP contribution in [0.25, 0.3) is 11.3 Å². The van der Waals surface area contributed by atoms with Gasteiger partial charge in [-0.15, -0.1) is 0 Å². The Balaban J connectivity index is 1.78. The van der Waals surface area contributed by atoms with Crippen molar-refractivity contribution in [2.75, 3.05) is 12.3 Å². The number of anilines is 1. The van der Waals surface area contributed by atoms with Gasteiger partial charge < -0.3 is 16.2 Å². The van der Waals surface area contributed by atoms with Crippen molar-refractivity contribution in [2.45, 2.75) is 32.3 Å². The van der Waals surface area contributed by atoms with Gasteiger partial charge in [-0.1, -0.05) is 6.07 Å². The Kier molecular flexibility index (Phi) is 5.91. The number of benzene rings is 1. The van der Waals surface area contributed by atoms with E-state index < -0.39 is 6.10 Å². The van der Waals surface area contributed by atoms with Crippen molar-refractivity contribution in [2.24, 2.45) is 16.6 Å². The molecule has 8 heteroatoms. The van der Waals surface area contributed by atoms with Crippen molar-refractivity contribution < 1.29 is 9.13 Å². The highest BCUT2D eigenvalue weighted by molar-refractivity contribution is 6.14. The molecular formula is C27H25FN6O. The first-order chi connectivity index (χ1) is 16.9. The second kappa shape index (κ2) is 9.18. The van der Waals surface area contributed by atoms with Crippen molar-refractivity contribution in [1.29, 1.82) is 5.26 Å². The first kappa shape index (κ1) is 22.5. The molecule has 5 rings (SSSR count). The number of aliphatic imine (C=N–C) groups is 1. The Labute approximate surface area is 203 Å². The number of nitrogens with two attached hydrogens (primary N) is 2. The van der Waals surface area contributed by atoms with E-state index in [2.05, 4.69) is 16.0 Å². The lowest BCUT2D eigenvalue weighted by Crippen LogP contribution is -2.18. The van der Waals surface area contributed by atoms with E-state index in [4.69, 9.17) is 21.2 Å². The number of hydrogen-bond donors (Lipinski definition) is 2. The average Bonchev–Trinajstić information content (AvgIpc) is 3.69. The average molecular weight is 469 g/mol. The number of ether oxygens (including phenoxy) is 1. The Hall–Kier alpha value is -4.25. The van der Waals surface area contributed by atoms with Crippen LogP contribution in [-0.4, -0.2) is 22.2 Å². The van der Waals surface area contributed by atoms with Crippen molar-refractivity contribution in [3.63, 3.8) is 0 Å². The van der Waals surface area contributed by atoms with Crippen LogP contribution in [0.5, 0.6) is 5.75 Å². The monoisotopic (exact) mass is 468 g/mol. The van der Waals surface area contributed by atoms with Gasteiger partial charge >= 0.3 is 0 Å². The van der Waals surface area contributed by atoms with E-state index in [9.17, 15) is 9.65 Å². The summed E-state index contributed by atoms with van der Waals surface area (Å²) < 4.78 is 20.5. The van der Waals surface area contributed by atoms with Crippen molar-refractivity contribution >= 4 is 11.5 Å². The largest absolute Gasteiger partial charge is 0.482 e. The first-order valence-electron chi connectivity index (χ1n) is 11.5. The fourth-order valence-corrected chi connectivity index (χ4v) is 4.29. The van der Waals surface area contributed by atoms with E-state index in [1.165, 1.54) is 12.1 Å². The molecule has 0 amide bonds. The minimum Gasteiger partial charge on any atom is -0.482 e. The van der Waals surface area contributed by atoms with Gasteiger partial charge in [0.05, 0.1) is 11.4 Å². The number of fused-ring (bicyclic) bond motifs is 5. The summed E-state index contributed by atoms with van der Waals surface area (Å²) in [5.74, 6) is 0.699. The molecule has 1 aromatic carbocycles. The van der Waals surface area contributed by atoms with Crippen LogP contribution in [-0.2, 0) is 6.42 Å². The van der Waals surface area contributed by atoms with Crippen LogP contribution >= 0.6 is 0 Å². The third-order valence-corrected chi connectivity index (χ3v) is 6.36. The lowest BCUT2D eigenvalue weighted by Gasteiger charge is -2.23. The van der Waals surface area contributed by atoms with E-state index in [0.29, 0.717) is 52.7 Å². The molecule has 1 fully saturated rings. The first-order valence-corrected chi connectivity index (χ1v) is 11.5. The summed E-state index contributed by atoms with van der Waals surface area (Å²) in [6.45, 7) is 2.47. The summed E-state index contributed by atoms with van der Waals surface area (Å²) in [6.07, 6.45) is 5.35. The summed E-state index contributed by atoms with van der Waals surface area (Å²) in [5.41, 5.74) is 17.2. The Morgan fingerprint density at radius 1 is 1.26 bits per heavy atom. The molecule has 1 atom stereocenters. The molecule has 2 bridgehead atoms. The molecule has 0 saturated heterocycles. The molecule has 3 heterocycles. The van der Waals surface area contributed by atoms with Gasteiger partial charge in [0.25, 0.3) is 0 Å². The predicted octanol–water partition coefficient (Wildman–Crippen LogP) is 4.50. The molecule has 2 aromatic heterocycles. The van der Waals surface area contributed by atoms with Crippen molar-refractivity contribution in [3.8, 4) is 23.1 Å². The number of nitrogen functional groups attached to an aromatic ring is 1. The standard InChI is InChI=1S/C27H25FN6O/c1-15-21-11-19(28)6-7-20(21)25-17(3-2-8-32-25)9-22(23(30)12-29)26(33-13-16-4-5-16)18-10-24(35-15)27(31)34-14-18/h2-3,6-8,10-11,14-16H,4-5,9,13,30H2,1H3,(H2,31,34)/t15-/m1/s1. The van der Waals surface area contributed by atoms with E-state index in [1.54, 1.807) is 24.5 Å². The Bertz CT molecular complexity index is 1400. The number of halogens is 1. The zero-order valence-electron chi connectivity index (χ0n) is 19.3. The predicted molar refractivity (Wildman–Crippen MR) is 132 cm³/mol. The molecule has 7 nitrogen and oxygen atoms in total. The lowest BCUT2D eigenvalue weighted by molar-refractivity contribution is 0.227. The van der Waals surface area contributed by atoms with Gasteiger partial charge in [-0.25, -0.2) is 9.37 Å². The minimum absolute atomic E-state index is 0.0680. The summed E-state index contributed by atoms with van der Waals surface area (Å²) >= 11 is 0. The van der Waals surface area contributed by atoms with Crippen LogP contribution in [0.4, 0.5) is 10.2 Å². The fraction of sp³-hybridized carbons (Fsp3) is 0.259. The highest BCUT2D eigenvalue weighted by Crippen LogP contribution is 2.36. The number of hydrogen-bond acceptors (Lipinski definition) is 7. The number of allylic oxidation sites excluding steroid dienone is 2. The third kappa shape index (κ3) is 4.58. The molecule has 0 spiro atoms. The van der Waals surface area contributed by atoms with Crippen LogP contribution < -0.4 is 16.2 Å². The smallest absolute Gasteiger partial charge is 0.166 e. The maximum absolute atomic E-state index is 14.3. The van der Waals surface area contributed by atoms with Crippen molar-refractivity contribution in [1.82, 2.24) is 9.97 Å². The van der Waals surface area contributed by atoms with E-state index >= 15 is 0 Å². The lowest BCUT2D eigenvalue weighted by atomic mass is 9.90. The van der Waals surface area contributed by atoms with Crippen LogP contribution in [0, 0.1) is 23.1 Å². The summed E-state index contributed by atoms with van der Waals surface area (Å²) in [6, 6.07) is 12.2. The highest BCUT2D eigenvalue weighted by atomic mass is 19.1. The van der Waals surface area contributed by atoms with Gasteiger partial charge in [0.1, 0.15) is 23.7 Å². The summed E-state index contributed by atoms with van der Waals surface area (Å²) in [7, 11) is 0. The van der Waals surface area contributed by atoms with Gasteiger partial charge in [0, 0.05) is 47.6 Å². The second-order valence-electron chi connectivity index (χ2n) is 8.92. The van der Waals surface area contributed by atoms with Gasteiger partial charge in [-0.2, -0.15) is 5.26 Å². The Morgan fingerprint density at radius 2 is 2.09 bits per heavy atom. The minimum atomic E-state index is -0.541. The molecular weight excluding hydrogens is 443 g/mol. The topological polar surface area (TPSA) is 123 Å². The molecule has 0 radical (unpaired) electrons. The van der Waals surface area contributed by atoms with E-state index in [0.717, 1.165) is 24.0 Å². The molecule has 1 saturated carbocycles. The zero-order chi connectivity index (χ0) is 24.5. The van der Waals surface area contributed by atoms with Crippen LogP contribution in [0.15, 0.2) is 65.1 Å². The van der Waals surface area contributed by atoms with E-state index in [1.807, 2.05) is 19.1 Å². The molecule has 2 aliphatic rings. The highest BCUT2D eigenvalue weighted by Gasteiger charge is 2.26. The van der Waals surface area contributed by atoms with Gasteiger partial charge in [0.15, 0.2) is 11.6 Å². The molecule has 3 aromatic rings. The molecule has 176 valence electrons. The fourth-order valence-electron chi connectivity index (χ4n) is 4.29. The van der Waals surface area contributed by atoms with E-state index in [-0.39, 0.29) is 17.3 Å². The maximum Gasteiger partial charge on any atom is 0.166 e. The summed E-state index contributed by atoms with van der Waals surface area (Å²) in [4.78, 5) is 13.9. The SMILES string of the molecule is C[C@H]1Oc2cc(cnc2N)C(=NCC2CC2)C(=C(N)C#N)Cc2cccnc2-c2ccc(F)cc21. The quantitative estimate of drug-likeness (QED) is 0.534. The molecule has 35 heavy (non-hydrogen) atoms. The second-order valence-corrected chi connectivity index (χ2v) is 8.92. The zero-order valence-corrected chi connectivity index (χ0v) is 19.3. The summed E-state index contributed by atoms with van der Waals surface area (Å²) in [5, 5.41) is 9.77. The number of rotatable bonds is 2. The van der Waals surface area contributed by atoms with Gasteiger partial charge in [-0.3, -0.25) is 9.98 Å². The number of pyridine rings is 2. The van der Waals surface area contributed by atoms with Crippen molar-refractivity contribution in [3.05, 3.63) is 82.6 Å². The van der Waals surface area contributed by atoms with Gasteiger partial charge in [0.2, 0.25) is 0 Å². The van der Waals surface area contributed by atoms with Crippen LogP contribution in [0.3, 0.4) is 0 Å². The van der Waals surface area contributed by atoms with Crippen LogP contribution in [0.2, 0.25) is 0 Å². The molecule has 1 aliphatic carbocycles.